The van der Waals surface area contributed by atoms with Crippen molar-refractivity contribution in [1.82, 2.24) is 4.98 Å². The minimum atomic E-state index is -0.242. The first-order chi connectivity index (χ1) is 9.70. The van der Waals surface area contributed by atoms with Gasteiger partial charge < -0.3 is 10.4 Å². The van der Waals surface area contributed by atoms with Gasteiger partial charge in [0.25, 0.3) is 0 Å². The molecule has 102 valence electrons. The summed E-state index contributed by atoms with van der Waals surface area (Å²) in [6.45, 7) is 1.74. The van der Waals surface area contributed by atoms with Crippen molar-refractivity contribution in [2.45, 2.75) is 13.5 Å². The molecule has 4 nitrogen and oxygen atoms in total. The van der Waals surface area contributed by atoms with Gasteiger partial charge in [0.05, 0.1) is 18.5 Å². The molecule has 1 heterocycles. The quantitative estimate of drug-likeness (QED) is 0.838. The SMILES string of the molecule is C/C(=C/C(=O)Nc1cnccc1CO)c1ccccc1. The summed E-state index contributed by atoms with van der Waals surface area (Å²) in [5.74, 6) is -0.242. The van der Waals surface area contributed by atoms with Crippen LogP contribution in [0.5, 0.6) is 0 Å². The topological polar surface area (TPSA) is 62.2 Å². The van der Waals surface area contributed by atoms with Crippen LogP contribution >= 0.6 is 0 Å². The minimum absolute atomic E-state index is 0.139. The number of nitrogens with one attached hydrogen (secondary N) is 1. The van der Waals surface area contributed by atoms with Crippen LogP contribution in [0.1, 0.15) is 18.1 Å². The summed E-state index contributed by atoms with van der Waals surface area (Å²) in [7, 11) is 0. The molecule has 2 aromatic rings. The summed E-state index contributed by atoms with van der Waals surface area (Å²) in [5.41, 5.74) is 3.03. The molecule has 0 saturated carbocycles. The van der Waals surface area contributed by atoms with Gasteiger partial charge in [0.2, 0.25) is 5.91 Å². The van der Waals surface area contributed by atoms with E-state index in [1.165, 1.54) is 12.3 Å². The van der Waals surface area contributed by atoms with Crippen LogP contribution < -0.4 is 5.32 Å². The number of allylic oxidation sites excluding steroid dienone is 1. The number of aliphatic hydroxyl groups excluding tert-OH is 1. The van der Waals surface area contributed by atoms with Crippen LogP contribution in [-0.2, 0) is 11.4 Å². The van der Waals surface area contributed by atoms with Crippen LogP contribution in [0.4, 0.5) is 5.69 Å². The molecule has 1 aromatic carbocycles. The van der Waals surface area contributed by atoms with E-state index >= 15 is 0 Å². The molecule has 0 fully saturated rings. The van der Waals surface area contributed by atoms with E-state index in [-0.39, 0.29) is 12.5 Å². The van der Waals surface area contributed by atoms with E-state index in [1.54, 1.807) is 12.3 Å². The summed E-state index contributed by atoms with van der Waals surface area (Å²) in [6.07, 6.45) is 4.63. The van der Waals surface area contributed by atoms with Crippen molar-refractivity contribution < 1.29 is 9.90 Å². The van der Waals surface area contributed by atoms with Gasteiger partial charge in [-0.3, -0.25) is 9.78 Å². The molecule has 0 unspecified atom stereocenters. The highest BCUT2D eigenvalue weighted by Crippen LogP contribution is 2.15. The van der Waals surface area contributed by atoms with Crippen molar-refractivity contribution in [3.05, 3.63) is 66.0 Å². The number of rotatable bonds is 4. The molecule has 2 rings (SSSR count). The average molecular weight is 268 g/mol. The maximum absolute atomic E-state index is 12.0. The van der Waals surface area contributed by atoms with Crippen LogP contribution in [0.2, 0.25) is 0 Å². The Bertz CT molecular complexity index is 621. The fraction of sp³-hybridized carbons (Fsp3) is 0.125. The number of pyridine rings is 1. The number of hydrogen-bond acceptors (Lipinski definition) is 3. The second-order valence-corrected chi connectivity index (χ2v) is 4.37. The van der Waals surface area contributed by atoms with Crippen molar-refractivity contribution in [2.24, 2.45) is 0 Å². The molecule has 0 saturated heterocycles. The number of carbonyl (C=O) groups excluding carboxylic acids is 1. The number of carbonyl (C=O) groups is 1. The monoisotopic (exact) mass is 268 g/mol. The lowest BCUT2D eigenvalue weighted by atomic mass is 10.1. The zero-order chi connectivity index (χ0) is 14.4. The van der Waals surface area contributed by atoms with E-state index in [1.807, 2.05) is 37.3 Å². The lowest BCUT2D eigenvalue weighted by Crippen LogP contribution is -2.10. The summed E-state index contributed by atoms with van der Waals surface area (Å²) >= 11 is 0. The minimum Gasteiger partial charge on any atom is -0.392 e. The molecule has 1 amide bonds. The maximum Gasteiger partial charge on any atom is 0.248 e. The third-order valence-electron chi connectivity index (χ3n) is 2.92. The van der Waals surface area contributed by atoms with E-state index in [4.69, 9.17) is 0 Å². The Morgan fingerprint density at radius 2 is 2.05 bits per heavy atom. The lowest BCUT2D eigenvalue weighted by molar-refractivity contribution is -0.111. The molecule has 0 atom stereocenters. The van der Waals surface area contributed by atoms with Gasteiger partial charge >= 0.3 is 0 Å². The molecule has 20 heavy (non-hydrogen) atoms. The summed E-state index contributed by atoms with van der Waals surface area (Å²) < 4.78 is 0. The number of amides is 1. The molecule has 4 heteroatoms. The Balaban J connectivity index is 2.13. The van der Waals surface area contributed by atoms with Gasteiger partial charge in [0, 0.05) is 17.8 Å². The number of hydrogen-bond donors (Lipinski definition) is 2. The van der Waals surface area contributed by atoms with E-state index < -0.39 is 0 Å². The van der Waals surface area contributed by atoms with E-state index in [0.29, 0.717) is 11.3 Å². The zero-order valence-corrected chi connectivity index (χ0v) is 11.2. The number of aliphatic hydroxyl groups is 1. The molecular weight excluding hydrogens is 252 g/mol. The Labute approximate surface area is 117 Å². The summed E-state index contributed by atoms with van der Waals surface area (Å²) in [5, 5.41) is 11.9. The standard InChI is InChI=1S/C16H16N2O2/c1-12(13-5-3-2-4-6-13)9-16(20)18-15-10-17-8-7-14(15)11-19/h2-10,19H,11H2,1H3,(H,18,20)/b12-9-. The number of nitrogens with zero attached hydrogens (tertiary/aromatic N) is 1. The van der Waals surface area contributed by atoms with Crippen LogP contribution in [0.3, 0.4) is 0 Å². The predicted octanol–water partition coefficient (Wildman–Crippen LogP) is 2.62. The highest BCUT2D eigenvalue weighted by atomic mass is 16.3. The molecular formula is C16H16N2O2. The van der Waals surface area contributed by atoms with Gasteiger partial charge in [0.15, 0.2) is 0 Å². The van der Waals surface area contributed by atoms with Crippen LogP contribution in [0, 0.1) is 0 Å². The zero-order valence-electron chi connectivity index (χ0n) is 11.2. The third kappa shape index (κ3) is 3.52. The number of anilines is 1. The fourth-order valence-electron chi connectivity index (χ4n) is 1.82. The van der Waals surface area contributed by atoms with Crippen molar-refractivity contribution >= 4 is 17.2 Å². The normalized spacial score (nSPS) is 11.2. The highest BCUT2D eigenvalue weighted by Gasteiger charge is 2.05. The van der Waals surface area contributed by atoms with Gasteiger partial charge in [-0.15, -0.1) is 0 Å². The smallest absolute Gasteiger partial charge is 0.248 e. The van der Waals surface area contributed by atoms with Crippen molar-refractivity contribution in [3.8, 4) is 0 Å². The van der Waals surface area contributed by atoms with Crippen LogP contribution in [0.25, 0.3) is 5.57 Å². The fourth-order valence-corrected chi connectivity index (χ4v) is 1.82. The summed E-state index contributed by atoms with van der Waals surface area (Å²) in [6, 6.07) is 11.3. The van der Waals surface area contributed by atoms with E-state index in [2.05, 4.69) is 10.3 Å². The highest BCUT2D eigenvalue weighted by molar-refractivity contribution is 6.04. The average Bonchev–Trinajstić information content (AvgIpc) is 2.48. The maximum atomic E-state index is 12.0. The first-order valence-electron chi connectivity index (χ1n) is 6.29. The summed E-state index contributed by atoms with van der Waals surface area (Å²) in [4.78, 5) is 15.9. The van der Waals surface area contributed by atoms with Crippen LogP contribution in [0.15, 0.2) is 54.9 Å². The van der Waals surface area contributed by atoms with Crippen molar-refractivity contribution in [3.63, 3.8) is 0 Å². The van der Waals surface area contributed by atoms with Gasteiger partial charge in [-0.05, 0) is 24.1 Å². The molecule has 0 bridgehead atoms. The van der Waals surface area contributed by atoms with E-state index in [0.717, 1.165) is 11.1 Å². The molecule has 0 aliphatic carbocycles. The van der Waals surface area contributed by atoms with Gasteiger partial charge in [0.1, 0.15) is 0 Å². The van der Waals surface area contributed by atoms with Crippen molar-refractivity contribution in [1.29, 1.82) is 0 Å². The molecule has 0 aliphatic heterocycles. The first kappa shape index (κ1) is 14.0. The largest absolute Gasteiger partial charge is 0.392 e. The molecule has 0 aliphatic rings. The third-order valence-corrected chi connectivity index (χ3v) is 2.92. The van der Waals surface area contributed by atoms with Gasteiger partial charge in [-0.1, -0.05) is 30.3 Å². The Hall–Kier alpha value is -2.46. The first-order valence-corrected chi connectivity index (χ1v) is 6.29. The predicted molar refractivity (Wildman–Crippen MR) is 78.9 cm³/mol. The number of aromatic nitrogens is 1. The van der Waals surface area contributed by atoms with Crippen molar-refractivity contribution in [2.75, 3.05) is 5.32 Å². The number of benzene rings is 1. The second kappa shape index (κ2) is 6.63. The molecule has 0 spiro atoms. The Morgan fingerprint density at radius 1 is 1.30 bits per heavy atom. The molecule has 1 aromatic heterocycles. The second-order valence-electron chi connectivity index (χ2n) is 4.37. The van der Waals surface area contributed by atoms with Gasteiger partial charge in [-0.25, -0.2) is 0 Å². The Morgan fingerprint density at radius 3 is 2.75 bits per heavy atom. The molecule has 0 radical (unpaired) electrons. The molecule has 2 N–H and O–H groups in total. The lowest BCUT2D eigenvalue weighted by Gasteiger charge is -2.07. The van der Waals surface area contributed by atoms with Crippen LogP contribution in [-0.4, -0.2) is 16.0 Å². The van der Waals surface area contributed by atoms with E-state index in [9.17, 15) is 9.90 Å². The van der Waals surface area contributed by atoms with Gasteiger partial charge in [-0.2, -0.15) is 0 Å². The Kier molecular flexibility index (Phi) is 4.63.